The highest BCUT2D eigenvalue weighted by Gasteiger charge is 2.20. The van der Waals surface area contributed by atoms with Crippen molar-refractivity contribution >= 4 is 18.0 Å². The Morgan fingerprint density at radius 2 is 1.81 bits per heavy atom. The van der Waals surface area contributed by atoms with Gasteiger partial charge in [0.1, 0.15) is 0 Å². The molecule has 1 nitrogen and oxygen atoms in total. The zero-order chi connectivity index (χ0) is 10.8. The first-order chi connectivity index (χ1) is 7.18. The smallest absolute Gasteiger partial charge is 0.0196 e. The van der Waals surface area contributed by atoms with Crippen LogP contribution in [0.3, 0.4) is 0 Å². The lowest BCUT2D eigenvalue weighted by atomic mass is 9.91. The summed E-state index contributed by atoms with van der Waals surface area (Å²) >= 11 is 0. The molecule has 0 spiro atoms. The molecule has 1 unspecified atom stereocenters. The van der Waals surface area contributed by atoms with Crippen molar-refractivity contribution in [2.24, 2.45) is 0 Å². The molecule has 0 saturated carbocycles. The van der Waals surface area contributed by atoms with Crippen molar-refractivity contribution < 1.29 is 0 Å². The van der Waals surface area contributed by atoms with Crippen LogP contribution < -0.4 is 0 Å². The second-order valence-corrected chi connectivity index (χ2v) is 4.59. The van der Waals surface area contributed by atoms with E-state index >= 15 is 0 Å². The Balaban J connectivity index is 0.00000128. The maximum absolute atomic E-state index is 2.42. The number of nitrogens with zero attached hydrogens (tertiary/aromatic N) is 1. The zero-order valence-electron chi connectivity index (χ0n) is 10.2. The molecule has 88 valence electrons. The quantitative estimate of drug-likeness (QED) is 0.722. The van der Waals surface area contributed by atoms with E-state index in [9.17, 15) is 0 Å². The maximum Gasteiger partial charge on any atom is 0.0196 e. The van der Waals surface area contributed by atoms with Gasteiger partial charge in [-0.2, -0.15) is 0 Å². The summed E-state index contributed by atoms with van der Waals surface area (Å²) in [5.74, 6) is 0. The number of hydrogen-bond donors (Lipinski definition) is 0. The van der Waals surface area contributed by atoms with Crippen LogP contribution >= 0.6 is 12.4 Å². The van der Waals surface area contributed by atoms with Crippen molar-refractivity contribution in [3.63, 3.8) is 0 Å². The van der Waals surface area contributed by atoms with Gasteiger partial charge < -0.3 is 0 Å². The van der Waals surface area contributed by atoms with Crippen LogP contribution in [0.25, 0.3) is 5.57 Å². The summed E-state index contributed by atoms with van der Waals surface area (Å²) in [7, 11) is 2.20. The molecule has 1 atom stereocenters. The fourth-order valence-electron chi connectivity index (χ4n) is 2.25. The average molecular weight is 238 g/mol. The molecule has 0 radical (unpaired) electrons. The summed E-state index contributed by atoms with van der Waals surface area (Å²) in [6.45, 7) is 5.66. The Morgan fingerprint density at radius 1 is 1.19 bits per heavy atom. The van der Waals surface area contributed by atoms with Crippen molar-refractivity contribution in [3.8, 4) is 0 Å². The summed E-state index contributed by atoms with van der Waals surface area (Å²) in [4.78, 5) is 2.42. The molecular weight excluding hydrogens is 218 g/mol. The van der Waals surface area contributed by atoms with E-state index in [-0.39, 0.29) is 12.4 Å². The molecule has 1 aliphatic rings. The highest BCUT2D eigenvalue weighted by molar-refractivity contribution is 5.85. The van der Waals surface area contributed by atoms with Crippen molar-refractivity contribution in [3.05, 3.63) is 41.5 Å². The lowest BCUT2D eigenvalue weighted by Gasteiger charge is -2.32. The lowest BCUT2D eigenvalue weighted by molar-refractivity contribution is 0.271. The molecule has 0 aliphatic carbocycles. The first kappa shape index (κ1) is 13.3. The third-order valence-corrected chi connectivity index (χ3v) is 3.38. The van der Waals surface area contributed by atoms with Gasteiger partial charge in [0.25, 0.3) is 0 Å². The van der Waals surface area contributed by atoms with E-state index in [0.717, 1.165) is 6.54 Å². The van der Waals surface area contributed by atoms with E-state index in [1.807, 2.05) is 0 Å². The van der Waals surface area contributed by atoms with Crippen molar-refractivity contribution in [2.75, 3.05) is 13.6 Å². The third-order valence-electron chi connectivity index (χ3n) is 3.38. The van der Waals surface area contributed by atoms with Crippen LogP contribution in [0.4, 0.5) is 0 Å². The largest absolute Gasteiger partial charge is 0.299 e. The number of likely N-dealkylation sites (N-methyl/N-ethyl adjacent to an activating group) is 1. The van der Waals surface area contributed by atoms with Gasteiger partial charge in [0, 0.05) is 12.6 Å². The van der Waals surface area contributed by atoms with Gasteiger partial charge in [-0.05, 0) is 38.5 Å². The Bertz CT molecular complexity index is 370. The topological polar surface area (TPSA) is 3.24 Å². The number of hydrogen-bond acceptors (Lipinski definition) is 1. The Morgan fingerprint density at radius 3 is 2.44 bits per heavy atom. The van der Waals surface area contributed by atoms with Crippen LogP contribution in [-0.2, 0) is 0 Å². The lowest BCUT2D eigenvalue weighted by Crippen LogP contribution is -2.34. The van der Waals surface area contributed by atoms with Gasteiger partial charge in [0.15, 0.2) is 0 Å². The number of benzene rings is 1. The van der Waals surface area contributed by atoms with E-state index in [2.05, 4.69) is 56.1 Å². The Hall–Kier alpha value is -0.790. The highest BCUT2D eigenvalue weighted by Crippen LogP contribution is 2.29. The van der Waals surface area contributed by atoms with Gasteiger partial charge in [-0.25, -0.2) is 0 Å². The predicted molar refractivity (Wildman–Crippen MR) is 73.0 cm³/mol. The van der Waals surface area contributed by atoms with Crippen LogP contribution in [0, 0.1) is 0 Å². The molecule has 0 amide bonds. The van der Waals surface area contributed by atoms with Crippen LogP contribution in [0.5, 0.6) is 0 Å². The average Bonchev–Trinajstić information content (AvgIpc) is 2.25. The maximum atomic E-state index is 2.42. The van der Waals surface area contributed by atoms with Gasteiger partial charge in [-0.1, -0.05) is 35.9 Å². The molecule has 0 aromatic heterocycles. The summed E-state index contributed by atoms with van der Waals surface area (Å²) in [5.41, 5.74) is 4.46. The van der Waals surface area contributed by atoms with Crippen LogP contribution in [0.15, 0.2) is 35.9 Å². The van der Waals surface area contributed by atoms with E-state index in [0.29, 0.717) is 6.04 Å². The number of halogens is 1. The third kappa shape index (κ3) is 2.66. The second kappa shape index (κ2) is 5.51. The minimum absolute atomic E-state index is 0. The van der Waals surface area contributed by atoms with Gasteiger partial charge >= 0.3 is 0 Å². The molecule has 2 heteroatoms. The summed E-state index contributed by atoms with van der Waals surface area (Å²) in [6.07, 6.45) is 1.17. The first-order valence-corrected chi connectivity index (χ1v) is 5.63. The van der Waals surface area contributed by atoms with E-state index in [1.54, 1.807) is 5.57 Å². The molecular formula is C14H20ClN. The van der Waals surface area contributed by atoms with E-state index < -0.39 is 0 Å². The standard InChI is InChI=1S/C14H19N.ClH/c1-11-10-15(3)12(2)9-14(11)13-7-5-4-6-8-13;/h4-8,12H,9-10H2,1-3H3;1H. The normalized spacial score (nSPS) is 21.8. The van der Waals surface area contributed by atoms with Crippen molar-refractivity contribution in [2.45, 2.75) is 26.3 Å². The van der Waals surface area contributed by atoms with Crippen molar-refractivity contribution in [1.29, 1.82) is 0 Å². The summed E-state index contributed by atoms with van der Waals surface area (Å²) < 4.78 is 0. The molecule has 0 bridgehead atoms. The Kier molecular flexibility index (Phi) is 4.57. The predicted octanol–water partition coefficient (Wildman–Crippen LogP) is 3.61. The molecule has 1 heterocycles. The molecule has 1 aromatic carbocycles. The first-order valence-electron chi connectivity index (χ1n) is 5.63. The minimum atomic E-state index is 0. The van der Waals surface area contributed by atoms with Crippen LogP contribution in [0.1, 0.15) is 25.8 Å². The van der Waals surface area contributed by atoms with Crippen molar-refractivity contribution in [1.82, 2.24) is 4.90 Å². The molecule has 1 aliphatic heterocycles. The van der Waals surface area contributed by atoms with Gasteiger partial charge in [-0.3, -0.25) is 4.90 Å². The Labute approximate surface area is 105 Å². The van der Waals surface area contributed by atoms with Gasteiger partial charge in [0.05, 0.1) is 0 Å². The SMILES string of the molecule is CC1=C(c2ccccc2)CC(C)N(C)C1.Cl. The molecule has 1 aromatic rings. The molecule has 2 rings (SSSR count). The van der Waals surface area contributed by atoms with Gasteiger partial charge in [-0.15, -0.1) is 12.4 Å². The minimum Gasteiger partial charge on any atom is -0.299 e. The number of rotatable bonds is 1. The second-order valence-electron chi connectivity index (χ2n) is 4.59. The molecule has 0 N–H and O–H groups in total. The van der Waals surface area contributed by atoms with Crippen LogP contribution in [-0.4, -0.2) is 24.5 Å². The fraction of sp³-hybridized carbons (Fsp3) is 0.429. The van der Waals surface area contributed by atoms with Crippen LogP contribution in [0.2, 0.25) is 0 Å². The van der Waals surface area contributed by atoms with Gasteiger partial charge in [0.2, 0.25) is 0 Å². The summed E-state index contributed by atoms with van der Waals surface area (Å²) in [5, 5.41) is 0. The zero-order valence-corrected chi connectivity index (χ0v) is 11.1. The highest BCUT2D eigenvalue weighted by atomic mass is 35.5. The molecule has 16 heavy (non-hydrogen) atoms. The van der Waals surface area contributed by atoms with E-state index in [4.69, 9.17) is 0 Å². The monoisotopic (exact) mass is 237 g/mol. The fourth-order valence-corrected chi connectivity index (χ4v) is 2.25. The molecule has 0 fully saturated rings. The molecule has 0 saturated heterocycles. The van der Waals surface area contributed by atoms with E-state index in [1.165, 1.54) is 17.6 Å². The summed E-state index contributed by atoms with van der Waals surface area (Å²) in [6, 6.07) is 11.4.